The molecule has 0 atom stereocenters. The molecular formula is C8H10N2O2. The molecule has 0 spiro atoms. The van der Waals surface area contributed by atoms with Crippen LogP contribution >= 0.6 is 0 Å². The van der Waals surface area contributed by atoms with Crippen molar-refractivity contribution >= 4 is 11.6 Å². The molecule has 0 unspecified atom stereocenters. The van der Waals surface area contributed by atoms with Crippen molar-refractivity contribution < 1.29 is 9.21 Å². The molecule has 0 saturated heterocycles. The summed E-state index contributed by atoms with van der Waals surface area (Å²) in [6, 6.07) is 0. The molecule has 0 saturated carbocycles. The van der Waals surface area contributed by atoms with Gasteiger partial charge in [0.05, 0.1) is 12.4 Å². The van der Waals surface area contributed by atoms with Crippen molar-refractivity contribution in [2.75, 3.05) is 25.7 Å². The van der Waals surface area contributed by atoms with E-state index >= 15 is 0 Å². The van der Waals surface area contributed by atoms with Crippen molar-refractivity contribution in [2.24, 2.45) is 0 Å². The molecule has 1 aliphatic heterocycles. The van der Waals surface area contributed by atoms with Crippen LogP contribution in [0.15, 0.2) is 16.9 Å². The molecule has 0 radical (unpaired) electrons. The van der Waals surface area contributed by atoms with Crippen molar-refractivity contribution in [3.05, 3.63) is 18.1 Å². The fourth-order valence-corrected chi connectivity index (χ4v) is 1.41. The molecule has 4 nitrogen and oxygen atoms in total. The number of rotatable bonds is 0. The minimum Gasteiger partial charge on any atom is -0.470 e. The van der Waals surface area contributed by atoms with Gasteiger partial charge in [-0.2, -0.15) is 0 Å². The smallest absolute Gasteiger partial charge is 0.260 e. The zero-order valence-corrected chi connectivity index (χ0v) is 7.07. The first-order valence-corrected chi connectivity index (χ1v) is 3.73. The summed E-state index contributed by atoms with van der Waals surface area (Å²) in [6.45, 7) is 0.616. The predicted molar refractivity (Wildman–Crippen MR) is 44.1 cm³/mol. The van der Waals surface area contributed by atoms with Gasteiger partial charge in [0.15, 0.2) is 0 Å². The highest BCUT2D eigenvalue weighted by Gasteiger charge is 2.26. The molecule has 0 bridgehead atoms. The van der Waals surface area contributed by atoms with Crippen LogP contribution in [0.4, 0.5) is 5.69 Å². The quantitative estimate of drug-likeness (QED) is 0.571. The van der Waals surface area contributed by atoms with Crippen LogP contribution in [0.3, 0.4) is 0 Å². The van der Waals surface area contributed by atoms with Gasteiger partial charge < -0.3 is 14.2 Å². The molecule has 0 N–H and O–H groups in total. The first-order chi connectivity index (χ1) is 5.70. The molecule has 0 fully saturated rings. The Morgan fingerprint density at radius 1 is 1.33 bits per heavy atom. The third kappa shape index (κ3) is 0.809. The lowest BCUT2D eigenvalue weighted by molar-refractivity contribution is 0.0785. The van der Waals surface area contributed by atoms with Gasteiger partial charge in [-0.15, -0.1) is 0 Å². The fraction of sp³-hybridized carbons (Fsp3) is 0.375. The summed E-state index contributed by atoms with van der Waals surface area (Å²) >= 11 is 0. The Labute approximate surface area is 70.4 Å². The zero-order valence-electron chi connectivity index (χ0n) is 7.07. The predicted octanol–water partition coefficient (Wildman–Crippen LogP) is 0.759. The molecule has 0 aliphatic carbocycles. The van der Waals surface area contributed by atoms with Crippen LogP contribution in [-0.2, 0) is 0 Å². The van der Waals surface area contributed by atoms with Gasteiger partial charge in [0.1, 0.15) is 18.1 Å². The third-order valence-corrected chi connectivity index (χ3v) is 2.05. The minimum absolute atomic E-state index is 0.0249. The molecule has 1 amide bonds. The summed E-state index contributed by atoms with van der Waals surface area (Å²) < 4.78 is 4.97. The zero-order chi connectivity index (χ0) is 8.72. The second kappa shape index (κ2) is 2.27. The minimum atomic E-state index is 0.0249. The Morgan fingerprint density at radius 3 is 2.83 bits per heavy atom. The maximum absolute atomic E-state index is 11.5. The van der Waals surface area contributed by atoms with E-state index in [0.29, 0.717) is 12.2 Å². The maximum atomic E-state index is 11.5. The van der Waals surface area contributed by atoms with Crippen LogP contribution in [0, 0.1) is 0 Å². The van der Waals surface area contributed by atoms with Gasteiger partial charge >= 0.3 is 0 Å². The number of hydrogen-bond donors (Lipinski definition) is 0. The molecule has 1 aliphatic rings. The first kappa shape index (κ1) is 7.21. The van der Waals surface area contributed by atoms with Crippen LogP contribution in [0.25, 0.3) is 0 Å². The van der Waals surface area contributed by atoms with Crippen LogP contribution in [0.2, 0.25) is 0 Å². The molecule has 64 valence electrons. The molecule has 1 aromatic rings. The maximum Gasteiger partial charge on any atom is 0.260 e. The number of carbonyl (C=O) groups excluding carboxylic acids is 1. The van der Waals surface area contributed by atoms with E-state index in [0.717, 1.165) is 5.69 Å². The van der Waals surface area contributed by atoms with Gasteiger partial charge in [-0.05, 0) is 0 Å². The molecule has 4 heteroatoms. The number of furan rings is 1. The molecule has 1 aromatic heterocycles. The standard InChI is InChI=1S/C8H10N2O2/c1-9-5-10(2)8(11)6-3-12-4-7(6)9/h3-4H,5H2,1-2H3. The van der Waals surface area contributed by atoms with Crippen molar-refractivity contribution in [3.8, 4) is 0 Å². The molecule has 0 aromatic carbocycles. The van der Waals surface area contributed by atoms with E-state index in [1.807, 2.05) is 11.9 Å². The largest absolute Gasteiger partial charge is 0.470 e. The fourth-order valence-electron chi connectivity index (χ4n) is 1.41. The Kier molecular flexibility index (Phi) is 1.36. The van der Waals surface area contributed by atoms with Gasteiger partial charge in [-0.25, -0.2) is 0 Å². The van der Waals surface area contributed by atoms with Gasteiger partial charge in [-0.1, -0.05) is 0 Å². The first-order valence-electron chi connectivity index (χ1n) is 3.73. The second-order valence-corrected chi connectivity index (χ2v) is 3.01. The van der Waals surface area contributed by atoms with Crippen LogP contribution in [-0.4, -0.2) is 31.6 Å². The summed E-state index contributed by atoms with van der Waals surface area (Å²) in [7, 11) is 3.70. The Bertz CT molecular complexity index is 319. The number of carbonyl (C=O) groups is 1. The topological polar surface area (TPSA) is 36.7 Å². The van der Waals surface area contributed by atoms with Gasteiger partial charge in [0.2, 0.25) is 0 Å². The lowest BCUT2D eigenvalue weighted by atomic mass is 10.2. The van der Waals surface area contributed by atoms with Crippen LogP contribution in [0.5, 0.6) is 0 Å². The lowest BCUT2D eigenvalue weighted by Crippen LogP contribution is -2.41. The third-order valence-electron chi connectivity index (χ3n) is 2.05. The van der Waals surface area contributed by atoms with Crippen LogP contribution < -0.4 is 4.90 Å². The SMILES string of the molecule is CN1CN(C)c2cocc2C1=O. The summed E-state index contributed by atoms with van der Waals surface area (Å²) in [5.41, 5.74) is 1.52. The van der Waals surface area contributed by atoms with E-state index in [4.69, 9.17) is 4.42 Å². The van der Waals surface area contributed by atoms with E-state index < -0.39 is 0 Å². The number of amides is 1. The Hall–Kier alpha value is -1.45. The van der Waals surface area contributed by atoms with Gasteiger partial charge in [-0.3, -0.25) is 4.79 Å². The number of fused-ring (bicyclic) bond motifs is 1. The van der Waals surface area contributed by atoms with Crippen LogP contribution in [0.1, 0.15) is 10.4 Å². The highest BCUT2D eigenvalue weighted by Crippen LogP contribution is 2.25. The lowest BCUT2D eigenvalue weighted by Gasteiger charge is -2.30. The molecule has 2 rings (SSSR count). The number of hydrogen-bond acceptors (Lipinski definition) is 3. The summed E-state index contributed by atoms with van der Waals surface area (Å²) in [5, 5.41) is 0. The summed E-state index contributed by atoms with van der Waals surface area (Å²) in [6.07, 6.45) is 3.09. The van der Waals surface area contributed by atoms with Gasteiger partial charge in [0.25, 0.3) is 5.91 Å². The van der Waals surface area contributed by atoms with Crippen molar-refractivity contribution in [1.82, 2.24) is 4.90 Å². The van der Waals surface area contributed by atoms with E-state index in [1.54, 1.807) is 18.2 Å². The molecule has 2 heterocycles. The average Bonchev–Trinajstić information content (AvgIpc) is 2.48. The molecule has 12 heavy (non-hydrogen) atoms. The second-order valence-electron chi connectivity index (χ2n) is 3.01. The van der Waals surface area contributed by atoms with Crippen molar-refractivity contribution in [3.63, 3.8) is 0 Å². The Morgan fingerprint density at radius 2 is 2.08 bits per heavy atom. The number of anilines is 1. The van der Waals surface area contributed by atoms with E-state index in [9.17, 15) is 4.79 Å². The van der Waals surface area contributed by atoms with E-state index in [-0.39, 0.29) is 5.91 Å². The van der Waals surface area contributed by atoms with E-state index in [1.165, 1.54) is 6.26 Å². The highest BCUT2D eigenvalue weighted by atomic mass is 16.3. The summed E-state index contributed by atoms with van der Waals surface area (Å²) in [4.78, 5) is 15.1. The van der Waals surface area contributed by atoms with Gasteiger partial charge in [0, 0.05) is 14.1 Å². The van der Waals surface area contributed by atoms with Crippen molar-refractivity contribution in [1.29, 1.82) is 0 Å². The summed E-state index contributed by atoms with van der Waals surface area (Å²) in [5.74, 6) is 0.0249. The Balaban J connectivity index is 2.50. The highest BCUT2D eigenvalue weighted by molar-refractivity contribution is 6.00. The van der Waals surface area contributed by atoms with Crippen molar-refractivity contribution in [2.45, 2.75) is 0 Å². The number of nitrogens with zero attached hydrogens (tertiary/aromatic N) is 2. The van der Waals surface area contributed by atoms with E-state index in [2.05, 4.69) is 0 Å². The normalized spacial score (nSPS) is 16.7. The average molecular weight is 166 g/mol. The molecular weight excluding hydrogens is 156 g/mol. The monoisotopic (exact) mass is 166 g/mol.